The SMILES string of the molecule is Nc1ncnc2[nH]cc(C(=O)c3cccc(NS(=O)(=O)c4ccc(Oc5ccncc5)cc4)c3)c12. The molecule has 0 saturated heterocycles. The van der Waals surface area contributed by atoms with Gasteiger partial charge >= 0.3 is 0 Å². The number of sulfonamides is 1. The standard InChI is InChI=1S/C24H18N6O4S/c25-23-21-20(13-27-24(21)29-14-28-23)22(31)15-2-1-3-16(12-15)30-35(32,33)19-6-4-17(5-7-19)34-18-8-10-26-11-9-18/h1-14,30H,(H3,25,27,28,29). The molecule has 5 rings (SSSR count). The van der Waals surface area contributed by atoms with Gasteiger partial charge in [0.05, 0.1) is 15.8 Å². The Bertz CT molecular complexity index is 1630. The molecule has 0 aliphatic carbocycles. The summed E-state index contributed by atoms with van der Waals surface area (Å²) in [6, 6.07) is 15.6. The van der Waals surface area contributed by atoms with Gasteiger partial charge in [-0.1, -0.05) is 12.1 Å². The van der Waals surface area contributed by atoms with Crippen molar-refractivity contribution < 1.29 is 17.9 Å². The number of nitrogens with two attached hydrogens (primary N) is 1. The third-order valence-electron chi connectivity index (χ3n) is 5.14. The molecule has 0 spiro atoms. The Kier molecular flexibility index (Phi) is 5.59. The number of anilines is 2. The van der Waals surface area contributed by atoms with Crippen molar-refractivity contribution in [2.75, 3.05) is 10.5 Å². The number of fused-ring (bicyclic) bond motifs is 1. The second kappa shape index (κ2) is 8.88. The van der Waals surface area contributed by atoms with E-state index in [0.717, 1.165) is 0 Å². The summed E-state index contributed by atoms with van der Waals surface area (Å²) in [5.41, 5.74) is 7.16. The number of carbonyl (C=O) groups excluding carboxylic acids is 1. The van der Waals surface area contributed by atoms with Crippen LogP contribution in [0.4, 0.5) is 11.5 Å². The van der Waals surface area contributed by atoms with Crippen LogP contribution in [0.3, 0.4) is 0 Å². The molecule has 0 bridgehead atoms. The first-order valence-corrected chi connectivity index (χ1v) is 11.8. The number of nitrogens with one attached hydrogen (secondary N) is 2. The number of aromatic nitrogens is 4. The lowest BCUT2D eigenvalue weighted by atomic mass is 10.0. The number of rotatable bonds is 7. The van der Waals surface area contributed by atoms with Crippen molar-refractivity contribution in [3.05, 3.63) is 96.7 Å². The molecular weight excluding hydrogens is 468 g/mol. The van der Waals surface area contributed by atoms with Crippen molar-refractivity contribution in [3.63, 3.8) is 0 Å². The molecule has 3 aromatic heterocycles. The quantitative estimate of drug-likeness (QED) is 0.294. The fourth-order valence-electron chi connectivity index (χ4n) is 3.49. The average Bonchev–Trinajstić information content (AvgIpc) is 3.30. The van der Waals surface area contributed by atoms with Crippen LogP contribution in [0.5, 0.6) is 11.5 Å². The topological polar surface area (TPSA) is 153 Å². The maximum Gasteiger partial charge on any atom is 0.261 e. The molecule has 0 saturated carbocycles. The Morgan fingerprint density at radius 2 is 1.71 bits per heavy atom. The highest BCUT2D eigenvalue weighted by Crippen LogP contribution is 2.26. The normalized spacial score (nSPS) is 11.3. The number of nitrogen functional groups attached to an aromatic ring is 1. The Labute approximate surface area is 199 Å². The average molecular weight is 487 g/mol. The molecule has 10 nitrogen and oxygen atoms in total. The van der Waals surface area contributed by atoms with Gasteiger partial charge in [-0.25, -0.2) is 18.4 Å². The summed E-state index contributed by atoms with van der Waals surface area (Å²) in [5.74, 6) is 0.882. The third kappa shape index (κ3) is 4.52. The van der Waals surface area contributed by atoms with Gasteiger partial charge in [-0.15, -0.1) is 0 Å². The number of hydrogen-bond donors (Lipinski definition) is 3. The summed E-state index contributed by atoms with van der Waals surface area (Å²) in [7, 11) is -3.91. The van der Waals surface area contributed by atoms with Gasteiger partial charge < -0.3 is 15.5 Å². The molecule has 0 amide bonds. The van der Waals surface area contributed by atoms with Crippen molar-refractivity contribution in [2.24, 2.45) is 0 Å². The number of carbonyl (C=O) groups is 1. The minimum atomic E-state index is -3.91. The molecule has 35 heavy (non-hydrogen) atoms. The minimum absolute atomic E-state index is 0.0397. The smallest absolute Gasteiger partial charge is 0.261 e. The summed E-state index contributed by atoms with van der Waals surface area (Å²) in [6.07, 6.45) is 6.00. The van der Waals surface area contributed by atoms with E-state index in [-0.39, 0.29) is 27.7 Å². The summed E-state index contributed by atoms with van der Waals surface area (Å²) < 4.78 is 34.0. The van der Waals surface area contributed by atoms with E-state index in [1.165, 1.54) is 30.7 Å². The van der Waals surface area contributed by atoms with E-state index in [0.29, 0.717) is 28.1 Å². The van der Waals surface area contributed by atoms with Crippen molar-refractivity contribution in [3.8, 4) is 11.5 Å². The monoisotopic (exact) mass is 486 g/mol. The fourth-order valence-corrected chi connectivity index (χ4v) is 4.54. The summed E-state index contributed by atoms with van der Waals surface area (Å²) in [6.45, 7) is 0. The lowest BCUT2D eigenvalue weighted by molar-refractivity contribution is 0.104. The van der Waals surface area contributed by atoms with E-state index in [2.05, 4.69) is 24.7 Å². The number of nitrogens with zero attached hydrogens (tertiary/aromatic N) is 3. The van der Waals surface area contributed by atoms with Gasteiger partial charge in [-0.3, -0.25) is 14.5 Å². The molecule has 5 aromatic rings. The van der Waals surface area contributed by atoms with Gasteiger partial charge in [0, 0.05) is 29.8 Å². The molecule has 11 heteroatoms. The lowest BCUT2D eigenvalue weighted by Crippen LogP contribution is -2.13. The van der Waals surface area contributed by atoms with E-state index in [9.17, 15) is 13.2 Å². The van der Waals surface area contributed by atoms with E-state index in [1.807, 2.05) is 0 Å². The van der Waals surface area contributed by atoms with Crippen molar-refractivity contribution in [1.29, 1.82) is 0 Å². The molecular formula is C24H18N6O4S. The van der Waals surface area contributed by atoms with E-state index in [1.54, 1.807) is 54.9 Å². The van der Waals surface area contributed by atoms with Crippen LogP contribution in [0.1, 0.15) is 15.9 Å². The van der Waals surface area contributed by atoms with E-state index < -0.39 is 10.0 Å². The summed E-state index contributed by atoms with van der Waals surface area (Å²) in [4.78, 5) is 28.0. The zero-order valence-electron chi connectivity index (χ0n) is 18.0. The predicted octanol–water partition coefficient (Wildman–Crippen LogP) is 3.76. The molecule has 4 N–H and O–H groups in total. The molecule has 0 atom stereocenters. The molecule has 0 unspecified atom stereocenters. The van der Waals surface area contributed by atoms with Crippen molar-refractivity contribution in [2.45, 2.75) is 4.90 Å². The van der Waals surface area contributed by atoms with Gasteiger partial charge in [0.25, 0.3) is 10.0 Å². The zero-order valence-corrected chi connectivity index (χ0v) is 18.9. The number of ether oxygens (including phenoxy) is 1. The largest absolute Gasteiger partial charge is 0.457 e. The molecule has 0 aliphatic heterocycles. The fraction of sp³-hybridized carbons (Fsp3) is 0. The van der Waals surface area contributed by atoms with Crippen molar-refractivity contribution in [1.82, 2.24) is 19.9 Å². The van der Waals surface area contributed by atoms with Gasteiger partial charge in [-0.2, -0.15) is 0 Å². The first-order valence-electron chi connectivity index (χ1n) is 10.3. The molecule has 0 aliphatic rings. The van der Waals surface area contributed by atoms with Gasteiger partial charge in [0.2, 0.25) is 0 Å². The Hall–Kier alpha value is -4.77. The highest BCUT2D eigenvalue weighted by atomic mass is 32.2. The first-order chi connectivity index (χ1) is 16.9. The Morgan fingerprint density at radius 1 is 0.971 bits per heavy atom. The highest BCUT2D eigenvalue weighted by molar-refractivity contribution is 7.92. The number of H-pyrrole nitrogens is 1. The van der Waals surface area contributed by atoms with Crippen LogP contribution in [0.2, 0.25) is 0 Å². The van der Waals surface area contributed by atoms with Crippen LogP contribution >= 0.6 is 0 Å². The van der Waals surface area contributed by atoms with Crippen LogP contribution < -0.4 is 15.2 Å². The predicted molar refractivity (Wildman–Crippen MR) is 130 cm³/mol. The molecule has 0 fully saturated rings. The van der Waals surface area contributed by atoms with Gasteiger partial charge in [0.1, 0.15) is 29.3 Å². The maximum absolute atomic E-state index is 13.1. The van der Waals surface area contributed by atoms with E-state index >= 15 is 0 Å². The Balaban J connectivity index is 1.36. The number of pyridine rings is 1. The first kappa shape index (κ1) is 22.0. The summed E-state index contributed by atoms with van der Waals surface area (Å²) >= 11 is 0. The minimum Gasteiger partial charge on any atom is -0.457 e. The molecule has 174 valence electrons. The third-order valence-corrected chi connectivity index (χ3v) is 6.54. The zero-order chi connectivity index (χ0) is 24.4. The lowest BCUT2D eigenvalue weighted by Gasteiger charge is -2.10. The van der Waals surface area contributed by atoms with Crippen LogP contribution in [0, 0.1) is 0 Å². The number of aromatic amines is 1. The van der Waals surface area contributed by atoms with Crippen LogP contribution in [0.25, 0.3) is 11.0 Å². The van der Waals surface area contributed by atoms with E-state index in [4.69, 9.17) is 10.5 Å². The number of ketones is 1. The molecule has 2 aromatic carbocycles. The summed E-state index contributed by atoms with van der Waals surface area (Å²) in [5, 5.41) is 0.414. The van der Waals surface area contributed by atoms with Crippen molar-refractivity contribution >= 4 is 38.3 Å². The number of benzene rings is 2. The van der Waals surface area contributed by atoms with Gasteiger partial charge in [-0.05, 0) is 48.5 Å². The van der Waals surface area contributed by atoms with Gasteiger partial charge in [0.15, 0.2) is 5.78 Å². The molecule has 3 heterocycles. The number of hydrogen-bond acceptors (Lipinski definition) is 8. The Morgan fingerprint density at radius 3 is 2.49 bits per heavy atom. The van der Waals surface area contributed by atoms with Crippen LogP contribution in [-0.2, 0) is 10.0 Å². The van der Waals surface area contributed by atoms with Crippen LogP contribution in [0.15, 0.2) is 90.5 Å². The maximum atomic E-state index is 13.1. The highest BCUT2D eigenvalue weighted by Gasteiger charge is 2.19. The van der Waals surface area contributed by atoms with Crippen LogP contribution in [-0.4, -0.2) is 34.1 Å². The second-order valence-corrected chi connectivity index (χ2v) is 9.14. The second-order valence-electron chi connectivity index (χ2n) is 7.46. The molecule has 0 radical (unpaired) electrons.